The first-order valence-electron chi connectivity index (χ1n) is 9.06. The molecule has 0 aliphatic rings. The summed E-state index contributed by atoms with van der Waals surface area (Å²) in [7, 11) is 0. The van der Waals surface area contributed by atoms with Crippen molar-refractivity contribution < 1.29 is 19.1 Å². The lowest BCUT2D eigenvalue weighted by Crippen LogP contribution is -2.42. The van der Waals surface area contributed by atoms with E-state index in [-0.39, 0.29) is 5.78 Å². The Kier molecular flexibility index (Phi) is 6.37. The quantitative estimate of drug-likeness (QED) is 0.625. The van der Waals surface area contributed by atoms with Crippen LogP contribution in [0.4, 0.5) is 10.5 Å². The summed E-state index contributed by atoms with van der Waals surface area (Å²) < 4.78 is 5.56. The van der Waals surface area contributed by atoms with Gasteiger partial charge in [0.1, 0.15) is 5.75 Å². The average molecular weight is 388 g/mol. The maximum absolute atomic E-state index is 12.4. The normalized spacial score (nSPS) is 11.2. The molecule has 6 heteroatoms. The van der Waals surface area contributed by atoms with E-state index < -0.39 is 18.0 Å². The highest BCUT2D eigenvalue weighted by atomic mass is 16.5. The SMILES string of the molecule is CC(Oc1ccc(C(=O)c2ccccc2)cc1)C(=O)NC(=O)Nc1ccccc1. The Labute approximate surface area is 168 Å². The summed E-state index contributed by atoms with van der Waals surface area (Å²) in [4.78, 5) is 36.5. The number of hydrogen-bond acceptors (Lipinski definition) is 4. The van der Waals surface area contributed by atoms with Gasteiger partial charge in [0.05, 0.1) is 0 Å². The number of anilines is 1. The standard InChI is InChI=1S/C23H20N2O4/c1-16(22(27)25-23(28)24-19-10-6-3-7-11-19)29-20-14-12-18(13-15-20)21(26)17-8-4-2-5-9-17/h2-16H,1H3,(H2,24,25,27,28). The van der Waals surface area contributed by atoms with Crippen molar-refractivity contribution in [1.82, 2.24) is 5.32 Å². The number of hydrogen-bond donors (Lipinski definition) is 2. The van der Waals surface area contributed by atoms with Crippen LogP contribution in [0.25, 0.3) is 0 Å². The van der Waals surface area contributed by atoms with Crippen molar-refractivity contribution in [2.24, 2.45) is 0 Å². The number of imide groups is 1. The van der Waals surface area contributed by atoms with E-state index in [2.05, 4.69) is 10.6 Å². The van der Waals surface area contributed by atoms with Crippen molar-refractivity contribution in [3.05, 3.63) is 96.1 Å². The first-order chi connectivity index (χ1) is 14.0. The van der Waals surface area contributed by atoms with Crippen LogP contribution in [0.15, 0.2) is 84.9 Å². The van der Waals surface area contributed by atoms with Crippen LogP contribution in [-0.4, -0.2) is 23.8 Å². The number of ether oxygens (including phenoxy) is 1. The number of urea groups is 1. The topological polar surface area (TPSA) is 84.5 Å². The summed E-state index contributed by atoms with van der Waals surface area (Å²) in [5, 5.41) is 4.79. The predicted molar refractivity (Wildman–Crippen MR) is 110 cm³/mol. The molecule has 3 rings (SSSR count). The summed E-state index contributed by atoms with van der Waals surface area (Å²) in [6, 6.07) is 23.6. The molecule has 1 atom stereocenters. The minimum atomic E-state index is -0.896. The molecular weight excluding hydrogens is 368 g/mol. The second-order valence-corrected chi connectivity index (χ2v) is 6.29. The highest BCUT2D eigenvalue weighted by molar-refractivity contribution is 6.09. The molecule has 3 amide bonds. The van der Waals surface area contributed by atoms with Crippen LogP contribution in [0.5, 0.6) is 5.75 Å². The van der Waals surface area contributed by atoms with Gasteiger partial charge in [-0.2, -0.15) is 0 Å². The lowest BCUT2D eigenvalue weighted by molar-refractivity contribution is -0.126. The number of nitrogens with one attached hydrogen (secondary N) is 2. The van der Waals surface area contributed by atoms with Crippen molar-refractivity contribution in [3.8, 4) is 5.75 Å². The first kappa shape index (κ1) is 19.8. The van der Waals surface area contributed by atoms with Gasteiger partial charge in [0.2, 0.25) is 0 Å². The smallest absolute Gasteiger partial charge is 0.325 e. The molecule has 0 aliphatic heterocycles. The number of ketones is 1. The number of benzene rings is 3. The average Bonchev–Trinajstić information content (AvgIpc) is 2.75. The molecule has 3 aromatic rings. The fourth-order valence-corrected chi connectivity index (χ4v) is 2.60. The molecule has 29 heavy (non-hydrogen) atoms. The second-order valence-electron chi connectivity index (χ2n) is 6.29. The molecule has 0 fully saturated rings. The van der Waals surface area contributed by atoms with Crippen molar-refractivity contribution in [1.29, 1.82) is 0 Å². The van der Waals surface area contributed by atoms with Crippen LogP contribution < -0.4 is 15.4 Å². The van der Waals surface area contributed by atoms with Crippen molar-refractivity contribution >= 4 is 23.4 Å². The van der Waals surface area contributed by atoms with Gasteiger partial charge in [0.15, 0.2) is 11.9 Å². The van der Waals surface area contributed by atoms with Crippen LogP contribution in [0.2, 0.25) is 0 Å². The van der Waals surface area contributed by atoms with Gasteiger partial charge in [-0.25, -0.2) is 4.79 Å². The molecule has 0 radical (unpaired) electrons. The van der Waals surface area contributed by atoms with E-state index in [0.29, 0.717) is 22.6 Å². The molecule has 3 aromatic carbocycles. The number of para-hydroxylation sites is 1. The molecule has 0 saturated heterocycles. The van der Waals surface area contributed by atoms with Gasteiger partial charge in [-0.1, -0.05) is 48.5 Å². The van der Waals surface area contributed by atoms with E-state index in [1.807, 2.05) is 12.1 Å². The monoisotopic (exact) mass is 388 g/mol. The van der Waals surface area contributed by atoms with E-state index in [9.17, 15) is 14.4 Å². The summed E-state index contributed by atoms with van der Waals surface area (Å²) in [5.74, 6) is -0.260. The fraction of sp³-hybridized carbons (Fsp3) is 0.0870. The summed E-state index contributed by atoms with van der Waals surface area (Å²) in [6.07, 6.45) is -0.896. The van der Waals surface area contributed by atoms with Gasteiger partial charge in [-0.15, -0.1) is 0 Å². The van der Waals surface area contributed by atoms with E-state index in [4.69, 9.17) is 4.74 Å². The summed E-state index contributed by atoms with van der Waals surface area (Å²) in [6.45, 7) is 1.54. The van der Waals surface area contributed by atoms with Crippen LogP contribution in [0.3, 0.4) is 0 Å². The van der Waals surface area contributed by atoms with E-state index in [0.717, 1.165) is 0 Å². The Hall–Kier alpha value is -3.93. The number of carbonyl (C=O) groups excluding carboxylic acids is 3. The first-order valence-corrected chi connectivity index (χ1v) is 9.06. The molecule has 6 nitrogen and oxygen atoms in total. The maximum Gasteiger partial charge on any atom is 0.325 e. The Balaban J connectivity index is 1.54. The Morgan fingerprint density at radius 1 is 0.759 bits per heavy atom. The fourth-order valence-electron chi connectivity index (χ4n) is 2.60. The van der Waals surface area contributed by atoms with Gasteiger partial charge in [-0.05, 0) is 43.3 Å². The molecule has 0 heterocycles. The van der Waals surface area contributed by atoms with Crippen molar-refractivity contribution in [2.75, 3.05) is 5.32 Å². The van der Waals surface area contributed by atoms with E-state index in [1.165, 1.54) is 6.92 Å². The van der Waals surface area contributed by atoms with Gasteiger partial charge in [0, 0.05) is 16.8 Å². The molecule has 0 bridgehead atoms. The van der Waals surface area contributed by atoms with Crippen LogP contribution in [-0.2, 0) is 4.79 Å². The molecule has 0 aromatic heterocycles. The molecular formula is C23H20N2O4. The Bertz CT molecular complexity index is 986. The molecule has 0 spiro atoms. The third-order valence-electron chi connectivity index (χ3n) is 4.10. The zero-order valence-corrected chi connectivity index (χ0v) is 15.8. The van der Waals surface area contributed by atoms with Gasteiger partial charge in [-0.3, -0.25) is 14.9 Å². The maximum atomic E-state index is 12.4. The van der Waals surface area contributed by atoms with Gasteiger partial charge < -0.3 is 10.1 Å². The minimum Gasteiger partial charge on any atom is -0.481 e. The van der Waals surface area contributed by atoms with E-state index >= 15 is 0 Å². The lowest BCUT2D eigenvalue weighted by atomic mass is 10.0. The highest BCUT2D eigenvalue weighted by Gasteiger charge is 2.18. The Morgan fingerprint density at radius 2 is 1.31 bits per heavy atom. The van der Waals surface area contributed by atoms with Crippen molar-refractivity contribution in [3.63, 3.8) is 0 Å². The third-order valence-corrected chi connectivity index (χ3v) is 4.10. The third kappa shape index (κ3) is 5.52. The molecule has 1 unspecified atom stereocenters. The second kappa shape index (κ2) is 9.32. The van der Waals surface area contributed by atoms with Gasteiger partial charge in [0.25, 0.3) is 5.91 Å². The Morgan fingerprint density at radius 3 is 1.93 bits per heavy atom. The lowest BCUT2D eigenvalue weighted by Gasteiger charge is -2.14. The molecule has 2 N–H and O–H groups in total. The zero-order chi connectivity index (χ0) is 20.6. The van der Waals surface area contributed by atoms with Gasteiger partial charge >= 0.3 is 6.03 Å². The number of carbonyl (C=O) groups is 3. The van der Waals surface area contributed by atoms with Crippen LogP contribution >= 0.6 is 0 Å². The van der Waals surface area contributed by atoms with Crippen molar-refractivity contribution in [2.45, 2.75) is 13.0 Å². The number of rotatable bonds is 6. The molecule has 146 valence electrons. The van der Waals surface area contributed by atoms with Crippen LogP contribution in [0, 0.1) is 0 Å². The summed E-state index contributed by atoms with van der Waals surface area (Å²) in [5.41, 5.74) is 1.69. The number of amides is 3. The van der Waals surface area contributed by atoms with Crippen LogP contribution in [0.1, 0.15) is 22.8 Å². The zero-order valence-electron chi connectivity index (χ0n) is 15.8. The van der Waals surface area contributed by atoms with E-state index in [1.54, 1.807) is 72.8 Å². The minimum absolute atomic E-state index is 0.0967. The largest absolute Gasteiger partial charge is 0.481 e. The summed E-state index contributed by atoms with van der Waals surface area (Å²) >= 11 is 0. The predicted octanol–water partition coefficient (Wildman–Crippen LogP) is 4.03. The highest BCUT2D eigenvalue weighted by Crippen LogP contribution is 2.17. The molecule has 0 saturated carbocycles. The molecule has 0 aliphatic carbocycles.